The Kier molecular flexibility index (Phi) is 5.21. The second kappa shape index (κ2) is 6.21. The maximum Gasteiger partial charge on any atom is 0.417 e. The van der Waals surface area contributed by atoms with Gasteiger partial charge in [0.2, 0.25) is 0 Å². The minimum absolute atomic E-state index is 0.0670. The fourth-order valence-corrected chi connectivity index (χ4v) is 1.78. The predicted molar refractivity (Wildman–Crippen MR) is 66.7 cm³/mol. The van der Waals surface area contributed by atoms with Gasteiger partial charge in [-0.25, -0.2) is 0 Å². The zero-order valence-electron chi connectivity index (χ0n) is 9.31. The molecular weight excluding hydrogens is 295 g/mol. The summed E-state index contributed by atoms with van der Waals surface area (Å²) in [6.07, 6.45) is 0.000481. The molecule has 1 nitrogen and oxygen atoms in total. The third-order valence-electron chi connectivity index (χ3n) is 2.17. The Morgan fingerprint density at radius 1 is 1.35 bits per heavy atom. The molecule has 0 unspecified atom stereocenters. The molecule has 1 N–H and O–H groups in total. The van der Waals surface area contributed by atoms with Crippen molar-refractivity contribution in [3.8, 4) is 0 Å². The summed E-state index contributed by atoms with van der Waals surface area (Å²) in [6, 6.07) is 4.20. The summed E-state index contributed by atoms with van der Waals surface area (Å²) in [5.74, 6) is 0. The van der Waals surface area contributed by atoms with E-state index >= 15 is 0 Å². The first-order valence-electron chi connectivity index (χ1n) is 5.13. The van der Waals surface area contributed by atoms with Gasteiger partial charge in [0.15, 0.2) is 0 Å². The van der Waals surface area contributed by atoms with Gasteiger partial charge in [0.05, 0.1) is 5.56 Å². The molecule has 0 spiro atoms. The van der Waals surface area contributed by atoms with Crippen molar-refractivity contribution in [3.63, 3.8) is 0 Å². The molecule has 5 heteroatoms. The number of rotatable bonds is 4. The molecule has 0 amide bonds. The molecule has 1 aromatic rings. The van der Waals surface area contributed by atoms with Crippen molar-refractivity contribution < 1.29 is 13.2 Å². The van der Waals surface area contributed by atoms with Crippen molar-refractivity contribution in [1.82, 2.24) is 5.32 Å². The monoisotopic (exact) mass is 307 g/mol. The highest BCUT2D eigenvalue weighted by Crippen LogP contribution is 2.35. The summed E-state index contributed by atoms with van der Waals surface area (Å²) in [6.45, 7) is 0.805. The third-order valence-corrected chi connectivity index (χ3v) is 2.86. The Hall–Kier alpha value is -0.810. The highest BCUT2D eigenvalue weighted by Gasteiger charge is 2.32. The average Bonchev–Trinajstić information content (AvgIpc) is 2.25. The van der Waals surface area contributed by atoms with Crippen LogP contribution in [0, 0.1) is 0 Å². The molecule has 94 valence electrons. The zero-order valence-corrected chi connectivity index (χ0v) is 10.9. The molecule has 0 aliphatic carbocycles. The van der Waals surface area contributed by atoms with Crippen LogP contribution in [0.1, 0.15) is 17.5 Å². The first kappa shape index (κ1) is 14.3. The van der Waals surface area contributed by atoms with Crippen LogP contribution in [0.4, 0.5) is 13.2 Å². The van der Waals surface area contributed by atoms with E-state index in [0.29, 0.717) is 5.56 Å². The Labute approximate surface area is 107 Å². The number of hydrogen-bond acceptors (Lipinski definition) is 1. The van der Waals surface area contributed by atoms with Gasteiger partial charge in [-0.05, 0) is 37.7 Å². The predicted octanol–water partition coefficient (Wildman–Crippen LogP) is 4.09. The van der Waals surface area contributed by atoms with Crippen LogP contribution >= 0.6 is 15.9 Å². The first-order chi connectivity index (χ1) is 7.95. The van der Waals surface area contributed by atoms with Crippen molar-refractivity contribution >= 4 is 22.0 Å². The molecule has 17 heavy (non-hydrogen) atoms. The Balaban J connectivity index is 2.86. The van der Waals surface area contributed by atoms with Crippen LogP contribution in [0.3, 0.4) is 0 Å². The van der Waals surface area contributed by atoms with Gasteiger partial charge in [-0.2, -0.15) is 13.2 Å². The van der Waals surface area contributed by atoms with E-state index in [1.807, 2.05) is 13.1 Å². The normalized spacial score (nSPS) is 12.3. The molecule has 0 aliphatic rings. The van der Waals surface area contributed by atoms with Crippen LogP contribution < -0.4 is 5.32 Å². The molecule has 0 fully saturated rings. The molecular formula is C12H13BrF3N. The average molecular weight is 308 g/mol. The molecule has 0 radical (unpaired) electrons. The van der Waals surface area contributed by atoms with Crippen LogP contribution in [0.2, 0.25) is 0 Å². The summed E-state index contributed by atoms with van der Waals surface area (Å²) >= 11 is 2.91. The minimum Gasteiger partial charge on any atom is -0.319 e. The molecule has 0 saturated carbocycles. The molecule has 0 bridgehead atoms. The SMILES string of the molecule is CNCCC=Cc1ccc(Br)c(C(F)(F)F)c1. The van der Waals surface area contributed by atoms with E-state index in [0.717, 1.165) is 19.0 Å². The molecule has 1 aromatic carbocycles. The van der Waals surface area contributed by atoms with E-state index in [9.17, 15) is 13.2 Å². The van der Waals surface area contributed by atoms with Gasteiger partial charge in [0, 0.05) is 4.47 Å². The lowest BCUT2D eigenvalue weighted by Crippen LogP contribution is -2.06. The quantitative estimate of drug-likeness (QED) is 0.826. The van der Waals surface area contributed by atoms with Gasteiger partial charge in [0.25, 0.3) is 0 Å². The van der Waals surface area contributed by atoms with Gasteiger partial charge in [-0.3, -0.25) is 0 Å². The maximum atomic E-state index is 12.6. The lowest BCUT2D eigenvalue weighted by Gasteiger charge is -2.09. The number of nitrogens with one attached hydrogen (secondary N) is 1. The summed E-state index contributed by atoms with van der Waals surface area (Å²) < 4.78 is 37.9. The largest absolute Gasteiger partial charge is 0.417 e. The fourth-order valence-electron chi connectivity index (χ4n) is 1.31. The molecule has 0 aliphatic heterocycles. The van der Waals surface area contributed by atoms with E-state index < -0.39 is 11.7 Å². The fraction of sp³-hybridized carbons (Fsp3) is 0.333. The number of alkyl halides is 3. The van der Waals surface area contributed by atoms with E-state index in [1.165, 1.54) is 6.07 Å². The summed E-state index contributed by atoms with van der Waals surface area (Å²) in [4.78, 5) is 0. The Morgan fingerprint density at radius 3 is 2.65 bits per heavy atom. The number of halogens is 4. The van der Waals surface area contributed by atoms with E-state index in [4.69, 9.17) is 0 Å². The number of hydrogen-bond donors (Lipinski definition) is 1. The van der Waals surface area contributed by atoms with Gasteiger partial charge in [0.1, 0.15) is 0 Å². The van der Waals surface area contributed by atoms with Gasteiger partial charge < -0.3 is 5.32 Å². The van der Waals surface area contributed by atoms with Gasteiger partial charge in [-0.15, -0.1) is 0 Å². The lowest BCUT2D eigenvalue weighted by atomic mass is 10.1. The van der Waals surface area contributed by atoms with E-state index in [-0.39, 0.29) is 4.47 Å². The van der Waals surface area contributed by atoms with Gasteiger partial charge in [-0.1, -0.05) is 34.1 Å². The highest BCUT2D eigenvalue weighted by atomic mass is 79.9. The highest BCUT2D eigenvalue weighted by molar-refractivity contribution is 9.10. The Morgan fingerprint density at radius 2 is 2.06 bits per heavy atom. The second-order valence-corrected chi connectivity index (χ2v) is 4.39. The maximum absolute atomic E-state index is 12.6. The zero-order chi connectivity index (χ0) is 12.9. The van der Waals surface area contributed by atoms with Crippen LogP contribution in [0.15, 0.2) is 28.7 Å². The minimum atomic E-state index is -4.33. The van der Waals surface area contributed by atoms with Crippen molar-refractivity contribution in [2.75, 3.05) is 13.6 Å². The van der Waals surface area contributed by atoms with Crippen LogP contribution in [0.25, 0.3) is 6.08 Å². The summed E-state index contributed by atoms with van der Waals surface area (Å²) in [5, 5.41) is 2.96. The molecule has 0 heterocycles. The van der Waals surface area contributed by atoms with Crippen molar-refractivity contribution in [3.05, 3.63) is 39.9 Å². The van der Waals surface area contributed by atoms with E-state index in [2.05, 4.69) is 21.2 Å². The van der Waals surface area contributed by atoms with Gasteiger partial charge >= 0.3 is 6.18 Å². The molecule has 0 atom stereocenters. The topological polar surface area (TPSA) is 12.0 Å². The van der Waals surface area contributed by atoms with Crippen molar-refractivity contribution in [1.29, 1.82) is 0 Å². The van der Waals surface area contributed by atoms with Crippen molar-refractivity contribution in [2.24, 2.45) is 0 Å². The van der Waals surface area contributed by atoms with Crippen LogP contribution in [-0.4, -0.2) is 13.6 Å². The lowest BCUT2D eigenvalue weighted by molar-refractivity contribution is -0.138. The first-order valence-corrected chi connectivity index (χ1v) is 5.92. The smallest absolute Gasteiger partial charge is 0.319 e. The molecule has 1 rings (SSSR count). The summed E-state index contributed by atoms with van der Waals surface area (Å²) in [5.41, 5.74) is -0.0927. The Bertz CT molecular complexity index is 399. The van der Waals surface area contributed by atoms with Crippen molar-refractivity contribution in [2.45, 2.75) is 12.6 Å². The second-order valence-electron chi connectivity index (χ2n) is 3.53. The third kappa shape index (κ3) is 4.52. The van der Waals surface area contributed by atoms with Crippen LogP contribution in [0.5, 0.6) is 0 Å². The molecule has 0 saturated heterocycles. The number of benzene rings is 1. The summed E-state index contributed by atoms with van der Waals surface area (Å²) in [7, 11) is 1.83. The molecule has 0 aromatic heterocycles. The standard InChI is InChI=1S/C12H13BrF3N/c1-17-7-3-2-4-9-5-6-11(13)10(8-9)12(14,15)16/h2,4-6,8,17H,3,7H2,1H3. The van der Waals surface area contributed by atoms with E-state index in [1.54, 1.807) is 12.1 Å². The van der Waals surface area contributed by atoms with Crippen LogP contribution in [-0.2, 0) is 6.18 Å².